The van der Waals surface area contributed by atoms with Crippen LogP contribution in [-0.4, -0.2) is 57.9 Å². The predicted octanol–water partition coefficient (Wildman–Crippen LogP) is 5.49. The molecule has 208 valence electrons. The number of halogens is 3. The molecule has 1 atom stereocenters. The van der Waals surface area contributed by atoms with Crippen LogP contribution < -0.4 is 10.1 Å². The average molecular weight is 547 g/mol. The zero-order valence-corrected chi connectivity index (χ0v) is 21.1. The maximum absolute atomic E-state index is 11.5. The molecule has 0 fully saturated rings. The van der Waals surface area contributed by atoms with E-state index in [1.807, 2.05) is 54.7 Å². The van der Waals surface area contributed by atoms with Gasteiger partial charge in [-0.25, -0.2) is 9.78 Å². The first-order valence-corrected chi connectivity index (χ1v) is 12.2. The number of imidazole rings is 1. The van der Waals surface area contributed by atoms with Crippen LogP contribution in [-0.2, 0) is 14.3 Å². The fourth-order valence-corrected chi connectivity index (χ4v) is 3.82. The predicted molar refractivity (Wildman–Crippen MR) is 139 cm³/mol. The first-order valence-electron chi connectivity index (χ1n) is 12.2. The molecule has 4 aromatic rings. The number of H-pyrrole nitrogens is 2. The first-order chi connectivity index (χ1) is 18.7. The number of rotatable bonds is 11. The van der Waals surface area contributed by atoms with Crippen molar-refractivity contribution in [1.82, 2.24) is 15.0 Å². The summed E-state index contributed by atoms with van der Waals surface area (Å²) in [7, 11) is 0. The number of carboxylic acids is 1. The minimum absolute atomic E-state index is 0.0396. The molecule has 2 aromatic heterocycles. The molecule has 4 N–H and O–H groups in total. The number of fused-ring (bicyclic) bond motifs is 1. The number of aliphatic carboxylic acids is 1. The number of benzene rings is 2. The number of esters is 1. The summed E-state index contributed by atoms with van der Waals surface area (Å²) in [6.07, 6.45) is 1.41. The Morgan fingerprint density at radius 1 is 1.13 bits per heavy atom. The summed E-state index contributed by atoms with van der Waals surface area (Å²) in [6, 6.07) is 15.6. The Balaban J connectivity index is 0.000000403. The topological polar surface area (TPSA) is 129 Å². The van der Waals surface area contributed by atoms with Crippen LogP contribution in [0.4, 0.5) is 19.1 Å². The first kappa shape index (κ1) is 29.1. The second-order valence-electron chi connectivity index (χ2n) is 8.30. The van der Waals surface area contributed by atoms with Gasteiger partial charge in [0.1, 0.15) is 5.75 Å². The van der Waals surface area contributed by atoms with Crippen molar-refractivity contribution in [3.8, 4) is 5.75 Å². The van der Waals surface area contributed by atoms with Gasteiger partial charge in [0.25, 0.3) is 0 Å². The van der Waals surface area contributed by atoms with E-state index < -0.39 is 18.1 Å². The van der Waals surface area contributed by atoms with Gasteiger partial charge in [-0.3, -0.25) is 4.79 Å². The van der Waals surface area contributed by atoms with Crippen LogP contribution in [0.5, 0.6) is 5.75 Å². The molecular weight excluding hydrogens is 517 g/mol. The molecule has 9 nitrogen and oxygen atoms in total. The number of hydrogen-bond donors (Lipinski definition) is 4. The number of hydrogen-bond acceptors (Lipinski definition) is 6. The Morgan fingerprint density at radius 3 is 2.51 bits per heavy atom. The molecule has 0 aliphatic heterocycles. The molecule has 0 aliphatic carbocycles. The van der Waals surface area contributed by atoms with Crippen LogP contribution in [0.1, 0.15) is 36.8 Å². The van der Waals surface area contributed by atoms with E-state index in [2.05, 4.69) is 25.0 Å². The van der Waals surface area contributed by atoms with Crippen molar-refractivity contribution < 1.29 is 37.3 Å². The van der Waals surface area contributed by atoms with E-state index in [4.69, 9.17) is 4.74 Å². The second-order valence-corrected chi connectivity index (χ2v) is 8.30. The van der Waals surface area contributed by atoms with E-state index >= 15 is 0 Å². The molecule has 12 heteroatoms. The zero-order valence-electron chi connectivity index (χ0n) is 21.1. The van der Waals surface area contributed by atoms with Gasteiger partial charge < -0.3 is 29.9 Å². The quantitative estimate of drug-likeness (QED) is 0.145. The van der Waals surface area contributed by atoms with Gasteiger partial charge in [0.2, 0.25) is 0 Å². The van der Waals surface area contributed by atoms with Crippen molar-refractivity contribution in [3.05, 3.63) is 78.2 Å². The van der Waals surface area contributed by atoms with Crippen molar-refractivity contribution >= 4 is 28.8 Å². The Labute approximate surface area is 222 Å². The van der Waals surface area contributed by atoms with Crippen molar-refractivity contribution in [2.75, 3.05) is 25.1 Å². The molecule has 0 saturated carbocycles. The summed E-state index contributed by atoms with van der Waals surface area (Å²) in [5.41, 5.74) is 2.90. The van der Waals surface area contributed by atoms with E-state index in [9.17, 15) is 27.9 Å². The number of aromatic nitrogens is 3. The number of nitrogens with one attached hydrogen (secondary N) is 3. The maximum Gasteiger partial charge on any atom is 0.490 e. The standard InChI is InChI=1S/C23H24N4O3.C4H5F3O2/c28-22(29)14-19(16-5-2-1-3-6-16)20-15-27-21-13-17(7-8-18(20)21)30-12-4-9-24-23-25-10-11-26-23;1-2-9-3(8)4(5,6)7/h1-3,5-8,10-11,13,15,19,27H,4,9,12,14H2,(H,28,29)(H2,24,25,26);2H2,1H3. The van der Waals surface area contributed by atoms with Crippen LogP contribution in [0.25, 0.3) is 10.9 Å². The number of ether oxygens (including phenoxy) is 2. The summed E-state index contributed by atoms with van der Waals surface area (Å²) >= 11 is 0. The number of carboxylic acid groups (broad SMARTS) is 1. The molecule has 39 heavy (non-hydrogen) atoms. The van der Waals surface area contributed by atoms with Crippen LogP contribution in [0.3, 0.4) is 0 Å². The lowest BCUT2D eigenvalue weighted by Crippen LogP contribution is -2.25. The molecule has 1 unspecified atom stereocenters. The van der Waals surface area contributed by atoms with Gasteiger partial charge in [-0.1, -0.05) is 30.3 Å². The minimum atomic E-state index is -4.85. The van der Waals surface area contributed by atoms with E-state index in [0.29, 0.717) is 6.61 Å². The highest BCUT2D eigenvalue weighted by atomic mass is 19.4. The smallest absolute Gasteiger partial charge is 0.490 e. The lowest BCUT2D eigenvalue weighted by Gasteiger charge is -2.15. The zero-order chi connectivity index (χ0) is 28.3. The number of carbonyl (C=O) groups excluding carboxylic acids is 1. The SMILES string of the molecule is CCOC(=O)C(F)(F)F.O=C(O)CC(c1ccccc1)c1c[nH]c2cc(OCCCNc3ncc[nH]3)ccc12. The Bertz CT molecular complexity index is 1320. The van der Waals surface area contributed by atoms with Gasteiger partial charge in [-0.2, -0.15) is 13.2 Å². The number of nitrogens with zero attached hydrogens (tertiary/aromatic N) is 1. The highest BCUT2D eigenvalue weighted by Gasteiger charge is 2.40. The van der Waals surface area contributed by atoms with Crippen LogP contribution in [0.15, 0.2) is 67.1 Å². The van der Waals surface area contributed by atoms with Crippen molar-refractivity contribution in [3.63, 3.8) is 0 Å². The lowest BCUT2D eigenvalue weighted by atomic mass is 9.88. The molecule has 0 radical (unpaired) electrons. The van der Waals surface area contributed by atoms with Gasteiger partial charge in [-0.05, 0) is 36.6 Å². The molecule has 2 aromatic carbocycles. The van der Waals surface area contributed by atoms with Crippen molar-refractivity contribution in [2.24, 2.45) is 0 Å². The third kappa shape index (κ3) is 8.80. The summed E-state index contributed by atoms with van der Waals surface area (Å²) in [4.78, 5) is 31.6. The molecule has 0 aliphatic rings. The summed E-state index contributed by atoms with van der Waals surface area (Å²) < 4.78 is 43.0. The Hall–Kier alpha value is -4.48. The van der Waals surface area contributed by atoms with Gasteiger partial charge in [-0.15, -0.1) is 0 Å². The molecule has 0 saturated heterocycles. The number of alkyl halides is 3. The Kier molecular flexibility index (Phi) is 10.4. The molecule has 4 rings (SSSR count). The molecule has 0 bridgehead atoms. The lowest BCUT2D eigenvalue weighted by molar-refractivity contribution is -0.199. The van der Waals surface area contributed by atoms with Gasteiger partial charge >= 0.3 is 18.1 Å². The van der Waals surface area contributed by atoms with Gasteiger partial charge in [0, 0.05) is 48.0 Å². The summed E-state index contributed by atoms with van der Waals surface area (Å²) in [5.74, 6) is -1.63. The molecule has 0 spiro atoms. The van der Waals surface area contributed by atoms with E-state index in [1.54, 1.807) is 12.4 Å². The fraction of sp³-hybridized carbons (Fsp3) is 0.296. The summed E-state index contributed by atoms with van der Waals surface area (Å²) in [5, 5.41) is 13.6. The van der Waals surface area contributed by atoms with Crippen LogP contribution >= 0.6 is 0 Å². The maximum atomic E-state index is 11.5. The molecule has 2 heterocycles. The highest BCUT2D eigenvalue weighted by molar-refractivity contribution is 5.86. The van der Waals surface area contributed by atoms with Crippen LogP contribution in [0.2, 0.25) is 0 Å². The fourth-order valence-electron chi connectivity index (χ4n) is 3.82. The minimum Gasteiger partial charge on any atom is -0.493 e. The van der Waals surface area contributed by atoms with Crippen molar-refractivity contribution in [2.45, 2.75) is 31.9 Å². The average Bonchev–Trinajstić information content (AvgIpc) is 3.57. The third-order valence-electron chi connectivity index (χ3n) is 5.53. The molecular formula is C27H29F3N4O5. The third-order valence-corrected chi connectivity index (χ3v) is 5.53. The largest absolute Gasteiger partial charge is 0.493 e. The summed E-state index contributed by atoms with van der Waals surface area (Å²) in [6.45, 7) is 2.40. The van der Waals surface area contributed by atoms with E-state index in [0.717, 1.165) is 46.7 Å². The van der Waals surface area contributed by atoms with Gasteiger partial charge in [0.15, 0.2) is 5.95 Å². The second kappa shape index (κ2) is 13.9. The van der Waals surface area contributed by atoms with E-state index in [-0.39, 0.29) is 18.9 Å². The molecule has 0 amide bonds. The number of carbonyl (C=O) groups is 2. The Morgan fingerprint density at radius 2 is 1.90 bits per heavy atom. The van der Waals surface area contributed by atoms with Gasteiger partial charge in [0.05, 0.1) is 19.6 Å². The monoisotopic (exact) mass is 546 g/mol. The highest BCUT2D eigenvalue weighted by Crippen LogP contribution is 2.34. The van der Waals surface area contributed by atoms with E-state index in [1.165, 1.54) is 6.92 Å². The normalized spacial score (nSPS) is 11.8. The number of anilines is 1. The van der Waals surface area contributed by atoms with Crippen LogP contribution in [0, 0.1) is 0 Å². The van der Waals surface area contributed by atoms with Crippen molar-refractivity contribution in [1.29, 1.82) is 0 Å². The number of aromatic amines is 2.